The van der Waals surface area contributed by atoms with Gasteiger partial charge in [-0.2, -0.15) is 5.10 Å². The minimum atomic E-state index is 0.728. The van der Waals surface area contributed by atoms with Gasteiger partial charge < -0.3 is 10.1 Å². The normalized spacial score (nSPS) is 11.1. The molecule has 5 nitrogen and oxygen atoms in total. The predicted molar refractivity (Wildman–Crippen MR) is 76.5 cm³/mol. The molecule has 0 aromatic carbocycles. The van der Waals surface area contributed by atoms with Crippen LogP contribution in [0.4, 0.5) is 0 Å². The number of aryl methyl sites for hydroxylation is 2. The lowest BCUT2D eigenvalue weighted by molar-refractivity contribution is 0.199. The first-order valence-corrected chi connectivity index (χ1v) is 7.20. The van der Waals surface area contributed by atoms with Crippen molar-refractivity contribution in [3.8, 4) is 0 Å². The third-order valence-electron chi connectivity index (χ3n) is 2.81. The SMILES string of the molecule is COCCNCc1cn(Cc2nc(C)cs2)nc1C. The monoisotopic (exact) mass is 280 g/mol. The largest absolute Gasteiger partial charge is 0.383 e. The summed E-state index contributed by atoms with van der Waals surface area (Å²) in [6.45, 7) is 7.21. The van der Waals surface area contributed by atoms with E-state index in [1.165, 1.54) is 5.56 Å². The second-order valence-electron chi connectivity index (χ2n) is 4.49. The lowest BCUT2D eigenvalue weighted by Gasteiger charge is -2.02. The molecule has 0 aliphatic carbocycles. The van der Waals surface area contributed by atoms with E-state index in [9.17, 15) is 0 Å². The van der Waals surface area contributed by atoms with Gasteiger partial charge in [0.05, 0.1) is 18.8 Å². The van der Waals surface area contributed by atoms with Crippen LogP contribution in [0.3, 0.4) is 0 Å². The average molecular weight is 280 g/mol. The first-order valence-electron chi connectivity index (χ1n) is 6.32. The molecule has 2 aromatic rings. The summed E-state index contributed by atoms with van der Waals surface area (Å²) in [4.78, 5) is 4.46. The maximum Gasteiger partial charge on any atom is 0.114 e. The zero-order chi connectivity index (χ0) is 13.7. The van der Waals surface area contributed by atoms with Gasteiger partial charge in [-0.1, -0.05) is 0 Å². The maximum atomic E-state index is 5.01. The minimum absolute atomic E-state index is 0.728. The molecule has 0 fully saturated rings. The van der Waals surface area contributed by atoms with Crippen molar-refractivity contribution in [2.45, 2.75) is 26.9 Å². The van der Waals surface area contributed by atoms with Crippen LogP contribution >= 0.6 is 11.3 Å². The van der Waals surface area contributed by atoms with Crippen LogP contribution in [0.1, 0.15) is 22.0 Å². The van der Waals surface area contributed by atoms with Crippen molar-refractivity contribution >= 4 is 11.3 Å². The molecule has 0 unspecified atom stereocenters. The van der Waals surface area contributed by atoms with Gasteiger partial charge in [-0.05, 0) is 13.8 Å². The number of rotatable bonds is 7. The molecule has 0 aliphatic heterocycles. The Kier molecular flexibility index (Phi) is 5.07. The quantitative estimate of drug-likeness (QED) is 0.785. The Hall–Kier alpha value is -1.24. The lowest BCUT2D eigenvalue weighted by atomic mass is 10.2. The van der Waals surface area contributed by atoms with E-state index in [0.29, 0.717) is 0 Å². The topological polar surface area (TPSA) is 52.0 Å². The maximum absolute atomic E-state index is 5.01. The third kappa shape index (κ3) is 4.12. The van der Waals surface area contributed by atoms with Crippen molar-refractivity contribution in [3.05, 3.63) is 33.5 Å². The summed E-state index contributed by atoms with van der Waals surface area (Å²) in [5.41, 5.74) is 3.37. The van der Waals surface area contributed by atoms with Crippen LogP contribution in [-0.2, 0) is 17.8 Å². The van der Waals surface area contributed by atoms with Crippen molar-refractivity contribution in [2.75, 3.05) is 20.3 Å². The molecule has 104 valence electrons. The number of ether oxygens (including phenoxy) is 1. The van der Waals surface area contributed by atoms with Gasteiger partial charge in [0.25, 0.3) is 0 Å². The molecule has 0 saturated heterocycles. The highest BCUT2D eigenvalue weighted by Crippen LogP contribution is 2.12. The van der Waals surface area contributed by atoms with Crippen LogP contribution in [0.15, 0.2) is 11.6 Å². The Balaban J connectivity index is 1.92. The molecule has 0 radical (unpaired) electrons. The Bertz CT molecular complexity index is 520. The van der Waals surface area contributed by atoms with Gasteiger partial charge in [0.15, 0.2) is 0 Å². The number of methoxy groups -OCH3 is 1. The molecule has 2 rings (SSSR count). The third-order valence-corrected chi connectivity index (χ3v) is 3.76. The molecular formula is C13H20N4OS. The second kappa shape index (κ2) is 6.79. The van der Waals surface area contributed by atoms with Gasteiger partial charge in [-0.3, -0.25) is 4.68 Å². The molecule has 0 bridgehead atoms. The number of hydrogen-bond donors (Lipinski definition) is 1. The molecule has 2 aromatic heterocycles. The lowest BCUT2D eigenvalue weighted by Crippen LogP contribution is -2.18. The first kappa shape index (κ1) is 14.2. The smallest absolute Gasteiger partial charge is 0.114 e. The van der Waals surface area contributed by atoms with E-state index in [2.05, 4.69) is 27.0 Å². The van der Waals surface area contributed by atoms with Crippen molar-refractivity contribution in [2.24, 2.45) is 0 Å². The highest BCUT2D eigenvalue weighted by molar-refractivity contribution is 7.09. The standard InChI is InChI=1S/C13H20N4OS/c1-10-9-19-13(15-10)8-17-7-12(11(2)16-17)6-14-4-5-18-3/h7,9,14H,4-6,8H2,1-3H3. The van der Waals surface area contributed by atoms with Gasteiger partial charge in [0.2, 0.25) is 0 Å². The van der Waals surface area contributed by atoms with Crippen LogP contribution in [0, 0.1) is 13.8 Å². The fraction of sp³-hybridized carbons (Fsp3) is 0.538. The predicted octanol–water partition coefficient (Wildman–Crippen LogP) is 1.74. The van der Waals surface area contributed by atoms with E-state index in [1.54, 1.807) is 18.4 Å². The molecule has 0 atom stereocenters. The Morgan fingerprint density at radius 2 is 2.26 bits per heavy atom. The van der Waals surface area contributed by atoms with E-state index in [-0.39, 0.29) is 0 Å². The highest BCUT2D eigenvalue weighted by atomic mass is 32.1. The summed E-state index contributed by atoms with van der Waals surface area (Å²) in [5.74, 6) is 0. The van der Waals surface area contributed by atoms with Crippen LogP contribution in [0.25, 0.3) is 0 Å². The molecule has 0 spiro atoms. The van der Waals surface area contributed by atoms with E-state index in [0.717, 1.165) is 42.6 Å². The van der Waals surface area contributed by atoms with E-state index >= 15 is 0 Å². The number of aromatic nitrogens is 3. The van der Waals surface area contributed by atoms with Gasteiger partial charge in [0.1, 0.15) is 5.01 Å². The molecule has 1 N–H and O–H groups in total. The zero-order valence-electron chi connectivity index (χ0n) is 11.6. The van der Waals surface area contributed by atoms with E-state index in [1.807, 2.05) is 18.5 Å². The number of hydrogen-bond acceptors (Lipinski definition) is 5. The average Bonchev–Trinajstić information content (AvgIpc) is 2.92. The van der Waals surface area contributed by atoms with Crippen LogP contribution in [-0.4, -0.2) is 35.0 Å². The Labute approximate surface area is 117 Å². The molecular weight excluding hydrogens is 260 g/mol. The summed E-state index contributed by atoms with van der Waals surface area (Å²) in [5, 5.41) is 11.0. The molecule has 0 saturated carbocycles. The fourth-order valence-corrected chi connectivity index (χ4v) is 2.59. The van der Waals surface area contributed by atoms with Crippen molar-refractivity contribution in [1.29, 1.82) is 0 Å². The van der Waals surface area contributed by atoms with E-state index in [4.69, 9.17) is 4.74 Å². The number of nitrogens with zero attached hydrogens (tertiary/aromatic N) is 3. The first-order chi connectivity index (χ1) is 9.19. The molecule has 19 heavy (non-hydrogen) atoms. The minimum Gasteiger partial charge on any atom is -0.383 e. The highest BCUT2D eigenvalue weighted by Gasteiger charge is 2.06. The van der Waals surface area contributed by atoms with Crippen molar-refractivity contribution in [1.82, 2.24) is 20.1 Å². The van der Waals surface area contributed by atoms with Gasteiger partial charge >= 0.3 is 0 Å². The van der Waals surface area contributed by atoms with E-state index < -0.39 is 0 Å². The Morgan fingerprint density at radius 1 is 1.42 bits per heavy atom. The van der Waals surface area contributed by atoms with Crippen LogP contribution in [0.5, 0.6) is 0 Å². The number of nitrogens with one attached hydrogen (secondary N) is 1. The molecule has 0 aliphatic rings. The Morgan fingerprint density at radius 3 is 2.95 bits per heavy atom. The molecule has 2 heterocycles. The van der Waals surface area contributed by atoms with Crippen molar-refractivity contribution in [3.63, 3.8) is 0 Å². The summed E-state index contributed by atoms with van der Waals surface area (Å²) >= 11 is 1.68. The molecule has 6 heteroatoms. The number of thiazole rings is 1. The summed E-state index contributed by atoms with van der Waals surface area (Å²) < 4.78 is 6.97. The van der Waals surface area contributed by atoms with Gasteiger partial charge in [-0.15, -0.1) is 11.3 Å². The van der Waals surface area contributed by atoms with Crippen LogP contribution in [0.2, 0.25) is 0 Å². The second-order valence-corrected chi connectivity index (χ2v) is 5.43. The summed E-state index contributed by atoms with van der Waals surface area (Å²) in [6, 6.07) is 0. The van der Waals surface area contributed by atoms with Crippen LogP contribution < -0.4 is 5.32 Å². The van der Waals surface area contributed by atoms with Gasteiger partial charge in [-0.25, -0.2) is 4.98 Å². The summed E-state index contributed by atoms with van der Waals surface area (Å²) in [7, 11) is 1.71. The summed E-state index contributed by atoms with van der Waals surface area (Å²) in [6.07, 6.45) is 2.09. The fourth-order valence-electron chi connectivity index (χ4n) is 1.82. The van der Waals surface area contributed by atoms with Gasteiger partial charge in [0, 0.05) is 43.0 Å². The molecule has 0 amide bonds. The zero-order valence-corrected chi connectivity index (χ0v) is 12.5. The van der Waals surface area contributed by atoms with Crippen molar-refractivity contribution < 1.29 is 4.74 Å².